The molecule has 1 fully saturated rings. The molecule has 0 unspecified atom stereocenters. The molecular formula is C15H18N2O3S2. The molecule has 0 spiro atoms. The number of pyridine rings is 1. The van der Waals surface area contributed by atoms with E-state index < -0.39 is 10.0 Å². The maximum atomic E-state index is 12.8. The smallest absolute Gasteiger partial charge is 0.256 e. The molecule has 7 heteroatoms. The predicted molar refractivity (Wildman–Crippen MR) is 85.8 cm³/mol. The van der Waals surface area contributed by atoms with E-state index in [1.807, 2.05) is 12.1 Å². The standard InChI is InChI=1S/C15H18N2O3S2/c1-20-14-6-10-21-15(14)22(18,19)17-9-2-3-13(11-17)12-4-7-16-8-5-12/h4-8,10,13H,2-3,9,11H2,1H3/t13-/m1/s1. The minimum Gasteiger partial charge on any atom is -0.494 e. The van der Waals surface area contributed by atoms with Crippen molar-refractivity contribution in [1.82, 2.24) is 9.29 Å². The van der Waals surface area contributed by atoms with E-state index in [0.717, 1.165) is 18.4 Å². The van der Waals surface area contributed by atoms with Crippen LogP contribution in [0.4, 0.5) is 0 Å². The van der Waals surface area contributed by atoms with Gasteiger partial charge in [0.15, 0.2) is 4.21 Å². The first-order valence-electron chi connectivity index (χ1n) is 7.14. The molecule has 5 nitrogen and oxygen atoms in total. The number of hydrogen-bond donors (Lipinski definition) is 0. The number of rotatable bonds is 4. The lowest BCUT2D eigenvalue weighted by atomic mass is 9.92. The topological polar surface area (TPSA) is 59.5 Å². The molecule has 1 saturated heterocycles. The van der Waals surface area contributed by atoms with E-state index in [4.69, 9.17) is 4.74 Å². The van der Waals surface area contributed by atoms with Gasteiger partial charge in [-0.1, -0.05) is 0 Å². The van der Waals surface area contributed by atoms with Gasteiger partial charge in [-0.25, -0.2) is 8.42 Å². The Morgan fingerprint density at radius 1 is 1.32 bits per heavy atom. The molecule has 0 aliphatic carbocycles. The van der Waals surface area contributed by atoms with Gasteiger partial charge in [-0.3, -0.25) is 4.98 Å². The van der Waals surface area contributed by atoms with E-state index >= 15 is 0 Å². The normalized spacial score (nSPS) is 20.0. The Hall–Kier alpha value is -1.44. The van der Waals surface area contributed by atoms with Crippen molar-refractivity contribution in [2.75, 3.05) is 20.2 Å². The van der Waals surface area contributed by atoms with Crippen LogP contribution in [0.3, 0.4) is 0 Å². The van der Waals surface area contributed by atoms with Gasteiger partial charge in [0.25, 0.3) is 10.0 Å². The van der Waals surface area contributed by atoms with Gasteiger partial charge in [-0.2, -0.15) is 4.31 Å². The summed E-state index contributed by atoms with van der Waals surface area (Å²) in [7, 11) is -1.99. The average molecular weight is 338 g/mol. The van der Waals surface area contributed by atoms with Crippen molar-refractivity contribution in [3.8, 4) is 5.75 Å². The van der Waals surface area contributed by atoms with Crippen LogP contribution in [-0.4, -0.2) is 37.9 Å². The minimum atomic E-state index is -3.49. The van der Waals surface area contributed by atoms with Gasteiger partial charge in [0.05, 0.1) is 7.11 Å². The molecule has 0 radical (unpaired) electrons. The fraction of sp³-hybridized carbons (Fsp3) is 0.400. The highest BCUT2D eigenvalue weighted by atomic mass is 32.2. The van der Waals surface area contributed by atoms with Gasteiger partial charge in [0.2, 0.25) is 0 Å². The van der Waals surface area contributed by atoms with Gasteiger partial charge in [0.1, 0.15) is 5.75 Å². The number of sulfonamides is 1. The molecule has 22 heavy (non-hydrogen) atoms. The van der Waals surface area contributed by atoms with E-state index in [0.29, 0.717) is 23.0 Å². The highest BCUT2D eigenvalue weighted by Gasteiger charge is 2.33. The quantitative estimate of drug-likeness (QED) is 0.860. The second kappa shape index (κ2) is 6.36. The summed E-state index contributed by atoms with van der Waals surface area (Å²) in [4.78, 5) is 4.02. The first-order valence-corrected chi connectivity index (χ1v) is 9.46. The van der Waals surface area contributed by atoms with Gasteiger partial charge >= 0.3 is 0 Å². The maximum Gasteiger partial charge on any atom is 0.256 e. The fourth-order valence-electron chi connectivity index (χ4n) is 2.81. The summed E-state index contributed by atoms with van der Waals surface area (Å²) in [5, 5.41) is 1.75. The van der Waals surface area contributed by atoms with Crippen LogP contribution in [0.5, 0.6) is 5.75 Å². The molecule has 0 amide bonds. The largest absolute Gasteiger partial charge is 0.494 e. The predicted octanol–water partition coefficient (Wildman–Crippen LogP) is 2.72. The molecule has 0 aromatic carbocycles. The van der Waals surface area contributed by atoms with Gasteiger partial charge < -0.3 is 4.74 Å². The van der Waals surface area contributed by atoms with Crippen LogP contribution in [0.15, 0.2) is 40.2 Å². The summed E-state index contributed by atoms with van der Waals surface area (Å²) >= 11 is 1.21. The van der Waals surface area contributed by atoms with Crippen LogP contribution in [0.2, 0.25) is 0 Å². The van der Waals surface area contributed by atoms with Crippen LogP contribution in [0.25, 0.3) is 0 Å². The molecule has 3 heterocycles. The van der Waals surface area contributed by atoms with Crippen molar-refractivity contribution in [2.45, 2.75) is 23.0 Å². The molecule has 0 saturated carbocycles. The lowest BCUT2D eigenvalue weighted by Crippen LogP contribution is -2.38. The average Bonchev–Trinajstić information content (AvgIpc) is 3.05. The molecule has 0 N–H and O–H groups in total. The Morgan fingerprint density at radius 3 is 2.82 bits per heavy atom. The maximum absolute atomic E-state index is 12.8. The zero-order chi connectivity index (χ0) is 15.6. The summed E-state index contributed by atoms with van der Waals surface area (Å²) < 4.78 is 32.7. The second-order valence-corrected chi connectivity index (χ2v) is 8.31. The van der Waals surface area contributed by atoms with Crippen molar-refractivity contribution >= 4 is 21.4 Å². The van der Waals surface area contributed by atoms with Crippen LogP contribution in [0.1, 0.15) is 24.3 Å². The molecule has 1 aliphatic heterocycles. The van der Waals surface area contributed by atoms with Gasteiger partial charge in [-0.15, -0.1) is 11.3 Å². The summed E-state index contributed by atoms with van der Waals surface area (Å²) in [5.74, 6) is 0.647. The number of methoxy groups -OCH3 is 1. The highest BCUT2D eigenvalue weighted by molar-refractivity contribution is 7.91. The first kappa shape index (κ1) is 15.5. The Morgan fingerprint density at radius 2 is 2.09 bits per heavy atom. The number of nitrogens with zero attached hydrogens (tertiary/aromatic N) is 2. The lowest BCUT2D eigenvalue weighted by Gasteiger charge is -2.31. The molecule has 1 atom stereocenters. The van der Waals surface area contributed by atoms with Gasteiger partial charge in [-0.05, 0) is 47.9 Å². The Balaban J connectivity index is 1.85. The van der Waals surface area contributed by atoms with E-state index in [9.17, 15) is 8.42 Å². The lowest BCUT2D eigenvalue weighted by molar-refractivity contribution is 0.314. The summed E-state index contributed by atoms with van der Waals surface area (Å²) in [6, 6.07) is 5.63. The number of piperidine rings is 1. The molecule has 0 bridgehead atoms. The van der Waals surface area contributed by atoms with Crippen LogP contribution >= 0.6 is 11.3 Å². The van der Waals surface area contributed by atoms with E-state index in [-0.39, 0.29) is 5.92 Å². The van der Waals surface area contributed by atoms with E-state index in [2.05, 4.69) is 4.98 Å². The van der Waals surface area contributed by atoms with Crippen LogP contribution in [0, 0.1) is 0 Å². The summed E-state index contributed by atoms with van der Waals surface area (Å²) in [6.07, 6.45) is 5.37. The second-order valence-electron chi connectivity index (χ2n) is 5.26. The van der Waals surface area contributed by atoms with Crippen LogP contribution in [-0.2, 0) is 10.0 Å². The van der Waals surface area contributed by atoms with Crippen molar-refractivity contribution in [3.05, 3.63) is 41.5 Å². The highest BCUT2D eigenvalue weighted by Crippen LogP contribution is 2.35. The van der Waals surface area contributed by atoms with Crippen molar-refractivity contribution in [1.29, 1.82) is 0 Å². The molecule has 2 aromatic rings. The third-order valence-corrected chi connectivity index (χ3v) is 7.24. The monoisotopic (exact) mass is 338 g/mol. The third kappa shape index (κ3) is 2.88. The van der Waals surface area contributed by atoms with Gasteiger partial charge in [0, 0.05) is 25.5 Å². The summed E-state index contributed by atoms with van der Waals surface area (Å²) in [6.45, 7) is 1.07. The number of thiophene rings is 1. The first-order chi connectivity index (χ1) is 10.6. The summed E-state index contributed by atoms with van der Waals surface area (Å²) in [5.41, 5.74) is 1.15. The third-order valence-electron chi connectivity index (χ3n) is 3.95. The minimum absolute atomic E-state index is 0.220. The van der Waals surface area contributed by atoms with Crippen molar-refractivity contribution in [2.24, 2.45) is 0 Å². The molecular weight excluding hydrogens is 320 g/mol. The SMILES string of the molecule is COc1ccsc1S(=O)(=O)N1CCC[C@@H](c2ccncc2)C1. The van der Waals surface area contributed by atoms with Crippen molar-refractivity contribution < 1.29 is 13.2 Å². The molecule has 2 aromatic heterocycles. The number of ether oxygens (including phenoxy) is 1. The zero-order valence-corrected chi connectivity index (χ0v) is 13.9. The van der Waals surface area contributed by atoms with E-state index in [1.54, 1.807) is 28.1 Å². The number of aromatic nitrogens is 1. The molecule has 3 rings (SSSR count). The Labute approximate surface area is 134 Å². The Bertz CT molecular complexity index is 728. The number of hydrogen-bond acceptors (Lipinski definition) is 5. The molecule has 1 aliphatic rings. The zero-order valence-electron chi connectivity index (χ0n) is 12.3. The van der Waals surface area contributed by atoms with Crippen molar-refractivity contribution in [3.63, 3.8) is 0 Å². The fourth-order valence-corrected chi connectivity index (χ4v) is 5.75. The Kier molecular flexibility index (Phi) is 4.46. The van der Waals surface area contributed by atoms with E-state index in [1.165, 1.54) is 18.4 Å². The molecule has 118 valence electrons. The van der Waals surface area contributed by atoms with Crippen LogP contribution < -0.4 is 4.74 Å².